The van der Waals surface area contributed by atoms with Crippen LogP contribution >= 0.6 is 0 Å². The topological polar surface area (TPSA) is 107 Å². The molecule has 0 saturated carbocycles. The Balaban J connectivity index is 4.44. The molecule has 0 unspecified atom stereocenters. The van der Waals surface area contributed by atoms with E-state index in [0.29, 0.717) is 0 Å². The molecule has 0 amide bonds. The van der Waals surface area contributed by atoms with Gasteiger partial charge in [0.1, 0.15) is 12.2 Å². The monoisotopic (exact) mass is 194 g/mol. The van der Waals surface area contributed by atoms with Crippen molar-refractivity contribution in [3.8, 4) is 0 Å². The lowest BCUT2D eigenvalue weighted by atomic mass is 9.95. The van der Waals surface area contributed by atoms with Crippen LogP contribution in [0, 0.1) is 0 Å². The van der Waals surface area contributed by atoms with E-state index in [1.807, 2.05) is 0 Å². The highest BCUT2D eigenvalue weighted by atomic mass is 16.5. The maximum Gasteiger partial charge on any atom is 0.171 e. The van der Waals surface area contributed by atoms with Gasteiger partial charge in [-0.1, -0.05) is 0 Å². The van der Waals surface area contributed by atoms with Crippen molar-refractivity contribution in [3.63, 3.8) is 0 Å². The molecular formula is C7H14O6. The second kappa shape index (κ2) is 5.25. The number of hydrogen-bond donors (Lipinski definition) is 4. The van der Waals surface area contributed by atoms with E-state index >= 15 is 0 Å². The van der Waals surface area contributed by atoms with Crippen molar-refractivity contribution in [1.82, 2.24) is 0 Å². The summed E-state index contributed by atoms with van der Waals surface area (Å²) in [6.45, 7) is -1.20. The van der Waals surface area contributed by atoms with E-state index < -0.39 is 31.0 Å². The van der Waals surface area contributed by atoms with Gasteiger partial charge in [-0.25, -0.2) is 0 Å². The molecule has 3 atom stereocenters. The zero-order valence-corrected chi connectivity index (χ0v) is 7.25. The summed E-state index contributed by atoms with van der Waals surface area (Å²) in [5, 5.41) is 36.0. The first-order chi connectivity index (χ1) is 6.01. The predicted molar refractivity (Wildman–Crippen MR) is 42.0 cm³/mol. The molecule has 0 aromatic carbocycles. The summed E-state index contributed by atoms with van der Waals surface area (Å²) in [7, 11) is 1.23. The molecule has 0 aliphatic rings. The number of carbonyl (C=O) groups is 1. The molecule has 0 rings (SSSR count). The van der Waals surface area contributed by atoms with Gasteiger partial charge < -0.3 is 25.2 Å². The molecule has 0 aromatic rings. The molecule has 0 spiro atoms. The van der Waals surface area contributed by atoms with Crippen molar-refractivity contribution in [2.45, 2.75) is 17.8 Å². The number of aliphatic hydroxyl groups is 4. The van der Waals surface area contributed by atoms with Crippen molar-refractivity contribution in [2.24, 2.45) is 0 Å². The van der Waals surface area contributed by atoms with Crippen LogP contribution in [0.15, 0.2) is 0 Å². The molecule has 0 bridgehead atoms. The molecule has 0 radical (unpaired) electrons. The highest BCUT2D eigenvalue weighted by Gasteiger charge is 2.39. The number of rotatable bonds is 6. The zero-order valence-electron chi connectivity index (χ0n) is 7.25. The molecule has 0 heterocycles. The van der Waals surface area contributed by atoms with Crippen molar-refractivity contribution >= 4 is 6.29 Å². The lowest BCUT2D eigenvalue weighted by molar-refractivity contribution is -0.165. The van der Waals surface area contributed by atoms with E-state index in [0.717, 1.165) is 0 Å². The lowest BCUT2D eigenvalue weighted by Crippen LogP contribution is -2.54. The van der Waals surface area contributed by atoms with Gasteiger partial charge in [0.05, 0.1) is 13.2 Å². The first-order valence-electron chi connectivity index (χ1n) is 3.66. The van der Waals surface area contributed by atoms with Gasteiger partial charge in [0.25, 0.3) is 0 Å². The van der Waals surface area contributed by atoms with Gasteiger partial charge in [-0.05, 0) is 0 Å². The Morgan fingerprint density at radius 3 is 2.38 bits per heavy atom. The summed E-state index contributed by atoms with van der Waals surface area (Å²) in [4.78, 5) is 10.4. The van der Waals surface area contributed by atoms with E-state index in [-0.39, 0.29) is 6.29 Å². The molecule has 6 heteroatoms. The Morgan fingerprint density at radius 2 is 2.08 bits per heavy atom. The molecular weight excluding hydrogens is 180 g/mol. The number of aliphatic hydroxyl groups excluding tert-OH is 3. The molecule has 6 nitrogen and oxygen atoms in total. The van der Waals surface area contributed by atoms with Gasteiger partial charge in [-0.2, -0.15) is 0 Å². The van der Waals surface area contributed by atoms with Gasteiger partial charge in [-0.15, -0.1) is 0 Å². The summed E-state index contributed by atoms with van der Waals surface area (Å²) in [6, 6.07) is 0. The standard InChI is InChI=1S/C7H14O6/c1-13-4-7(12,3-9)6(11)5(10)2-8/h3,5-6,8,10-12H,2,4H2,1H3/t5-,6-,7-/m1/s1. The normalized spacial score (nSPS) is 20.4. The number of methoxy groups -OCH3 is 1. The Bertz CT molecular complexity index is 161. The molecule has 0 saturated heterocycles. The minimum atomic E-state index is -2.18. The van der Waals surface area contributed by atoms with Crippen LogP contribution in [0.4, 0.5) is 0 Å². The molecule has 4 N–H and O–H groups in total. The zero-order chi connectivity index (χ0) is 10.5. The second-order valence-corrected chi connectivity index (χ2v) is 2.74. The van der Waals surface area contributed by atoms with Crippen LogP contribution in [0.25, 0.3) is 0 Å². The van der Waals surface area contributed by atoms with Gasteiger partial charge in [0.15, 0.2) is 11.9 Å². The smallest absolute Gasteiger partial charge is 0.171 e. The van der Waals surface area contributed by atoms with Crippen molar-refractivity contribution in [3.05, 3.63) is 0 Å². The van der Waals surface area contributed by atoms with Crippen LogP contribution in [0.2, 0.25) is 0 Å². The highest BCUT2D eigenvalue weighted by molar-refractivity contribution is 5.63. The molecule has 78 valence electrons. The van der Waals surface area contributed by atoms with Crippen molar-refractivity contribution in [2.75, 3.05) is 20.3 Å². The first-order valence-corrected chi connectivity index (χ1v) is 3.66. The third kappa shape index (κ3) is 3.02. The number of ether oxygens (including phenoxy) is 1. The summed E-state index contributed by atoms with van der Waals surface area (Å²) in [6.07, 6.45) is -3.28. The van der Waals surface area contributed by atoms with Gasteiger partial charge in [0.2, 0.25) is 0 Å². The maximum atomic E-state index is 10.4. The quantitative estimate of drug-likeness (QED) is 0.342. The van der Waals surface area contributed by atoms with Crippen molar-refractivity contribution in [1.29, 1.82) is 0 Å². The van der Waals surface area contributed by atoms with Crippen LogP contribution in [0.3, 0.4) is 0 Å². The van der Waals surface area contributed by atoms with Crippen LogP contribution in [0.1, 0.15) is 0 Å². The van der Waals surface area contributed by atoms with Gasteiger partial charge in [-0.3, -0.25) is 4.79 Å². The summed E-state index contributed by atoms with van der Waals surface area (Å²) < 4.78 is 4.48. The SMILES string of the molecule is COC[C@](O)(C=O)[C@H](O)[C@H](O)CO. The third-order valence-electron chi connectivity index (χ3n) is 1.64. The summed E-state index contributed by atoms with van der Waals surface area (Å²) in [5.41, 5.74) is -2.18. The Morgan fingerprint density at radius 1 is 1.54 bits per heavy atom. The van der Waals surface area contributed by atoms with Crippen LogP contribution in [-0.4, -0.2) is 64.8 Å². The predicted octanol–water partition coefficient (Wildman–Crippen LogP) is -2.72. The fourth-order valence-corrected chi connectivity index (χ4v) is 0.853. The van der Waals surface area contributed by atoms with E-state index in [4.69, 9.17) is 10.2 Å². The minimum Gasteiger partial charge on any atom is -0.394 e. The van der Waals surface area contributed by atoms with Crippen LogP contribution in [0.5, 0.6) is 0 Å². The molecule has 0 aliphatic carbocycles. The van der Waals surface area contributed by atoms with Gasteiger partial charge in [0, 0.05) is 7.11 Å². The second-order valence-electron chi connectivity index (χ2n) is 2.74. The van der Waals surface area contributed by atoms with Gasteiger partial charge >= 0.3 is 0 Å². The van der Waals surface area contributed by atoms with E-state index in [1.54, 1.807) is 0 Å². The Hall–Kier alpha value is -0.530. The third-order valence-corrected chi connectivity index (χ3v) is 1.64. The number of hydrogen-bond acceptors (Lipinski definition) is 6. The maximum absolute atomic E-state index is 10.4. The average Bonchev–Trinajstić information content (AvgIpc) is 2.15. The Kier molecular flexibility index (Phi) is 5.04. The van der Waals surface area contributed by atoms with E-state index in [2.05, 4.69) is 4.74 Å². The summed E-state index contributed by atoms with van der Waals surface area (Å²) >= 11 is 0. The highest BCUT2D eigenvalue weighted by Crippen LogP contribution is 2.11. The molecule has 0 aliphatic heterocycles. The number of aldehydes is 1. The summed E-state index contributed by atoms with van der Waals surface area (Å²) in [5.74, 6) is 0. The Labute approximate surface area is 75.4 Å². The lowest BCUT2D eigenvalue weighted by Gasteiger charge is -2.29. The van der Waals surface area contributed by atoms with Crippen molar-refractivity contribution < 1.29 is 30.0 Å². The average molecular weight is 194 g/mol. The van der Waals surface area contributed by atoms with E-state index in [9.17, 15) is 15.0 Å². The fraction of sp³-hybridized carbons (Fsp3) is 0.857. The molecule has 0 aromatic heterocycles. The fourth-order valence-electron chi connectivity index (χ4n) is 0.853. The van der Waals surface area contributed by atoms with Crippen LogP contribution < -0.4 is 0 Å². The first kappa shape index (κ1) is 12.5. The largest absolute Gasteiger partial charge is 0.394 e. The van der Waals surface area contributed by atoms with E-state index in [1.165, 1.54) is 7.11 Å². The molecule has 13 heavy (non-hydrogen) atoms. The minimum absolute atomic E-state index is 0.0695. The number of carbonyl (C=O) groups excluding carboxylic acids is 1. The van der Waals surface area contributed by atoms with Crippen LogP contribution in [-0.2, 0) is 9.53 Å². The molecule has 0 fully saturated rings.